The van der Waals surface area contributed by atoms with Gasteiger partial charge >= 0.3 is 0 Å². The quantitative estimate of drug-likeness (QED) is 0.843. The van der Waals surface area contributed by atoms with Crippen LogP contribution in [0.3, 0.4) is 0 Å². The van der Waals surface area contributed by atoms with Crippen LogP contribution in [0.5, 0.6) is 0 Å². The minimum Gasteiger partial charge on any atom is -0.339 e. The Morgan fingerprint density at radius 3 is 2.00 bits per heavy atom. The summed E-state index contributed by atoms with van der Waals surface area (Å²) in [4.78, 5) is 25.6. The zero-order valence-electron chi connectivity index (χ0n) is 14.7. The van der Waals surface area contributed by atoms with Crippen molar-refractivity contribution < 1.29 is 18.4 Å². The molecule has 3 nitrogen and oxygen atoms in total. The first-order valence-electron chi connectivity index (χ1n) is 7.93. The van der Waals surface area contributed by atoms with E-state index in [1.165, 1.54) is 6.07 Å². The van der Waals surface area contributed by atoms with Gasteiger partial charge < -0.3 is 5.32 Å². The Kier molecular flexibility index (Phi) is 5.07. The molecule has 0 aliphatic heterocycles. The maximum atomic E-state index is 13.6. The summed E-state index contributed by atoms with van der Waals surface area (Å²) in [7, 11) is 0. The van der Waals surface area contributed by atoms with E-state index in [2.05, 4.69) is 5.32 Å². The second-order valence-corrected chi connectivity index (χ2v) is 7.15. The number of Topliss-reactive ketones (excluding diaryl/α,β-unsaturated/α-hetero) is 1. The van der Waals surface area contributed by atoms with E-state index in [0.29, 0.717) is 5.56 Å². The average molecular weight is 345 g/mol. The number of hydrogen-bond donors (Lipinski definition) is 1. The number of halogens is 2. The maximum absolute atomic E-state index is 13.6. The van der Waals surface area contributed by atoms with E-state index in [1.54, 1.807) is 58.0 Å². The predicted molar refractivity (Wildman–Crippen MR) is 92.1 cm³/mol. The van der Waals surface area contributed by atoms with Crippen LogP contribution in [0, 0.1) is 17.0 Å². The standard InChI is InChI=1S/C20H21F2NO2/c1-19(2,3)18(25)23-20(4,14-8-6-5-7-9-14)17(24)13-10-11-15(21)16(22)12-13/h5-12H,1-4H3,(H,23,25)/t20-/m0/s1. The molecule has 2 rings (SSSR count). The normalized spacial score (nSPS) is 13.8. The summed E-state index contributed by atoms with van der Waals surface area (Å²) < 4.78 is 26.8. The summed E-state index contributed by atoms with van der Waals surface area (Å²) in [6, 6.07) is 11.7. The van der Waals surface area contributed by atoms with E-state index < -0.39 is 28.4 Å². The third kappa shape index (κ3) is 3.92. The number of rotatable bonds is 4. The Morgan fingerprint density at radius 1 is 0.880 bits per heavy atom. The SMILES string of the molecule is CC(C)(C)C(=O)N[C@](C)(C(=O)c1ccc(F)c(F)c1)c1ccccc1. The van der Waals surface area contributed by atoms with E-state index in [4.69, 9.17) is 0 Å². The number of carbonyl (C=O) groups is 2. The van der Waals surface area contributed by atoms with Crippen molar-refractivity contribution in [1.29, 1.82) is 0 Å². The van der Waals surface area contributed by atoms with Gasteiger partial charge in [0.1, 0.15) is 5.54 Å². The van der Waals surface area contributed by atoms with Crippen molar-refractivity contribution in [3.8, 4) is 0 Å². The molecule has 0 spiro atoms. The molecule has 0 aliphatic rings. The molecule has 2 aromatic rings. The van der Waals surface area contributed by atoms with E-state index in [-0.39, 0.29) is 11.5 Å². The van der Waals surface area contributed by atoms with Crippen LogP contribution in [0.4, 0.5) is 8.78 Å². The molecule has 0 saturated carbocycles. The topological polar surface area (TPSA) is 46.2 Å². The average Bonchev–Trinajstić information content (AvgIpc) is 2.56. The van der Waals surface area contributed by atoms with Crippen molar-refractivity contribution in [2.24, 2.45) is 5.41 Å². The Hall–Kier alpha value is -2.56. The van der Waals surface area contributed by atoms with Gasteiger partial charge in [0, 0.05) is 11.0 Å². The van der Waals surface area contributed by atoms with Gasteiger partial charge in [0.05, 0.1) is 0 Å². The molecule has 1 amide bonds. The van der Waals surface area contributed by atoms with Crippen LogP contribution in [0.2, 0.25) is 0 Å². The van der Waals surface area contributed by atoms with Gasteiger partial charge in [-0.3, -0.25) is 9.59 Å². The molecule has 5 heteroatoms. The molecule has 0 fully saturated rings. The zero-order chi connectivity index (χ0) is 18.8. The van der Waals surface area contributed by atoms with Crippen molar-refractivity contribution in [2.45, 2.75) is 33.2 Å². The molecule has 0 saturated heterocycles. The largest absolute Gasteiger partial charge is 0.339 e. The molecule has 0 bridgehead atoms. The summed E-state index contributed by atoms with van der Waals surface area (Å²) in [5.41, 5.74) is -1.58. The first-order valence-corrected chi connectivity index (χ1v) is 7.93. The lowest BCUT2D eigenvalue weighted by Gasteiger charge is -2.33. The van der Waals surface area contributed by atoms with E-state index in [1.807, 2.05) is 0 Å². The van der Waals surface area contributed by atoms with Crippen LogP contribution in [0.1, 0.15) is 43.6 Å². The molecule has 25 heavy (non-hydrogen) atoms. The molecular formula is C20H21F2NO2. The van der Waals surface area contributed by atoms with Gasteiger partial charge in [-0.15, -0.1) is 0 Å². The van der Waals surface area contributed by atoms with Gasteiger partial charge in [0.2, 0.25) is 5.91 Å². The van der Waals surface area contributed by atoms with Crippen molar-refractivity contribution >= 4 is 11.7 Å². The molecule has 2 aromatic carbocycles. The Morgan fingerprint density at radius 2 is 1.48 bits per heavy atom. The van der Waals surface area contributed by atoms with E-state index >= 15 is 0 Å². The van der Waals surface area contributed by atoms with Crippen LogP contribution in [0.15, 0.2) is 48.5 Å². The minimum atomic E-state index is -1.41. The van der Waals surface area contributed by atoms with E-state index in [9.17, 15) is 18.4 Å². The number of ketones is 1. The molecule has 0 heterocycles. The van der Waals surface area contributed by atoms with Crippen molar-refractivity contribution in [2.75, 3.05) is 0 Å². The van der Waals surface area contributed by atoms with Gasteiger partial charge in [0.25, 0.3) is 0 Å². The van der Waals surface area contributed by atoms with Gasteiger partial charge in [-0.1, -0.05) is 51.1 Å². The molecule has 0 unspecified atom stereocenters. The minimum absolute atomic E-state index is 0.0144. The summed E-state index contributed by atoms with van der Waals surface area (Å²) >= 11 is 0. The molecule has 0 aliphatic carbocycles. The highest BCUT2D eigenvalue weighted by atomic mass is 19.2. The van der Waals surface area contributed by atoms with Gasteiger partial charge in [-0.05, 0) is 30.7 Å². The lowest BCUT2D eigenvalue weighted by molar-refractivity contribution is -0.130. The first kappa shape index (κ1) is 18.8. The fourth-order valence-corrected chi connectivity index (χ4v) is 2.37. The third-order valence-electron chi connectivity index (χ3n) is 4.03. The number of amides is 1. The Labute approximate surface area is 146 Å². The van der Waals surface area contributed by atoms with Crippen molar-refractivity contribution in [3.05, 3.63) is 71.3 Å². The molecule has 132 valence electrons. The highest BCUT2D eigenvalue weighted by molar-refractivity contribution is 6.05. The summed E-state index contributed by atoms with van der Waals surface area (Å²) in [6.07, 6.45) is 0. The molecule has 1 atom stereocenters. The Bertz CT molecular complexity index is 797. The highest BCUT2D eigenvalue weighted by Crippen LogP contribution is 2.28. The number of nitrogens with one attached hydrogen (secondary N) is 1. The summed E-state index contributed by atoms with van der Waals surface area (Å²) in [6.45, 7) is 6.76. The maximum Gasteiger partial charge on any atom is 0.226 e. The molecular weight excluding hydrogens is 324 g/mol. The fraction of sp³-hybridized carbons (Fsp3) is 0.300. The first-order chi connectivity index (χ1) is 11.6. The van der Waals surface area contributed by atoms with Crippen LogP contribution >= 0.6 is 0 Å². The molecule has 1 N–H and O–H groups in total. The van der Waals surface area contributed by atoms with Crippen molar-refractivity contribution in [1.82, 2.24) is 5.32 Å². The molecule has 0 radical (unpaired) electrons. The molecule has 0 aromatic heterocycles. The van der Waals surface area contributed by atoms with Crippen LogP contribution in [0.25, 0.3) is 0 Å². The number of hydrogen-bond acceptors (Lipinski definition) is 2. The highest BCUT2D eigenvalue weighted by Gasteiger charge is 2.39. The smallest absolute Gasteiger partial charge is 0.226 e. The van der Waals surface area contributed by atoms with Gasteiger partial charge in [-0.2, -0.15) is 0 Å². The third-order valence-corrected chi connectivity index (χ3v) is 4.03. The second kappa shape index (κ2) is 6.75. The summed E-state index contributed by atoms with van der Waals surface area (Å²) in [5.74, 6) is -2.98. The van der Waals surface area contributed by atoms with Gasteiger partial charge in [0.15, 0.2) is 17.4 Å². The van der Waals surface area contributed by atoms with Gasteiger partial charge in [-0.25, -0.2) is 8.78 Å². The zero-order valence-corrected chi connectivity index (χ0v) is 14.7. The van der Waals surface area contributed by atoms with Crippen LogP contribution in [-0.4, -0.2) is 11.7 Å². The van der Waals surface area contributed by atoms with E-state index in [0.717, 1.165) is 12.1 Å². The number of carbonyl (C=O) groups excluding carboxylic acids is 2. The van der Waals surface area contributed by atoms with Crippen LogP contribution < -0.4 is 5.32 Å². The second-order valence-electron chi connectivity index (χ2n) is 7.15. The van der Waals surface area contributed by atoms with Crippen molar-refractivity contribution in [3.63, 3.8) is 0 Å². The monoisotopic (exact) mass is 345 g/mol. The fourth-order valence-electron chi connectivity index (χ4n) is 2.37. The predicted octanol–water partition coefficient (Wildman–Crippen LogP) is 4.23. The lowest BCUT2D eigenvalue weighted by atomic mass is 9.82. The summed E-state index contributed by atoms with van der Waals surface area (Å²) in [5, 5.41) is 2.78. The Balaban J connectivity index is 2.52. The lowest BCUT2D eigenvalue weighted by Crippen LogP contribution is -2.52. The number of benzene rings is 2. The van der Waals surface area contributed by atoms with Crippen LogP contribution in [-0.2, 0) is 10.3 Å².